The van der Waals surface area contributed by atoms with Crippen LogP contribution < -0.4 is 0 Å². The van der Waals surface area contributed by atoms with Gasteiger partial charge in [-0.05, 0) is 43.2 Å². The number of hydrogen-bond acceptors (Lipinski definition) is 3. The number of aromatic amines is 1. The summed E-state index contributed by atoms with van der Waals surface area (Å²) in [5.74, 6) is 0.104. The third kappa shape index (κ3) is 4.48. The van der Waals surface area contributed by atoms with Crippen molar-refractivity contribution in [2.75, 3.05) is 13.6 Å². The first-order valence-corrected chi connectivity index (χ1v) is 9.17. The molecular weight excluding hydrogens is 314 g/mol. The highest BCUT2D eigenvalue weighted by Crippen LogP contribution is 2.23. The van der Waals surface area contributed by atoms with Gasteiger partial charge in [0.2, 0.25) is 5.91 Å². The van der Waals surface area contributed by atoms with Crippen LogP contribution in [0.3, 0.4) is 0 Å². The lowest BCUT2D eigenvalue weighted by Crippen LogP contribution is -2.29. The second kappa shape index (κ2) is 8.30. The van der Waals surface area contributed by atoms with Gasteiger partial charge in [0.1, 0.15) is 0 Å². The van der Waals surface area contributed by atoms with Gasteiger partial charge in [-0.1, -0.05) is 30.3 Å². The SMILES string of the molecule is CN(CC[C@@H](O)c1ccccc1)C(=O)CCc1n[nH]c2c1CCCC2. The number of nitrogens with zero attached hydrogens (tertiary/aromatic N) is 2. The summed E-state index contributed by atoms with van der Waals surface area (Å²) >= 11 is 0. The second-order valence-electron chi connectivity index (χ2n) is 6.86. The zero-order chi connectivity index (χ0) is 17.6. The maximum atomic E-state index is 12.4. The van der Waals surface area contributed by atoms with Crippen LogP contribution >= 0.6 is 0 Å². The van der Waals surface area contributed by atoms with Crippen LogP contribution in [0.25, 0.3) is 0 Å². The molecule has 0 saturated carbocycles. The second-order valence-corrected chi connectivity index (χ2v) is 6.86. The molecule has 134 valence electrons. The molecule has 1 amide bonds. The molecule has 2 aromatic rings. The van der Waals surface area contributed by atoms with E-state index in [4.69, 9.17) is 0 Å². The first kappa shape index (κ1) is 17.7. The van der Waals surface area contributed by atoms with E-state index >= 15 is 0 Å². The molecule has 0 saturated heterocycles. The zero-order valence-corrected chi connectivity index (χ0v) is 14.9. The number of fused-ring (bicyclic) bond motifs is 1. The molecule has 0 radical (unpaired) electrons. The minimum absolute atomic E-state index is 0.104. The average Bonchev–Trinajstić information content (AvgIpc) is 3.07. The number of aliphatic hydroxyl groups excluding tert-OH is 1. The van der Waals surface area contributed by atoms with Crippen LogP contribution in [-0.4, -0.2) is 39.7 Å². The fourth-order valence-corrected chi connectivity index (χ4v) is 3.46. The number of amides is 1. The highest BCUT2D eigenvalue weighted by atomic mass is 16.3. The Bertz CT molecular complexity index is 696. The van der Waals surface area contributed by atoms with E-state index in [1.807, 2.05) is 30.3 Å². The predicted molar refractivity (Wildman–Crippen MR) is 97.2 cm³/mol. The summed E-state index contributed by atoms with van der Waals surface area (Å²) < 4.78 is 0. The number of benzene rings is 1. The van der Waals surface area contributed by atoms with Gasteiger partial charge in [0.15, 0.2) is 0 Å². The predicted octanol–water partition coefficient (Wildman–Crippen LogP) is 2.80. The largest absolute Gasteiger partial charge is 0.388 e. The van der Waals surface area contributed by atoms with Crippen molar-refractivity contribution in [2.45, 2.75) is 51.0 Å². The summed E-state index contributed by atoms with van der Waals surface area (Å²) in [5, 5.41) is 17.7. The first-order valence-electron chi connectivity index (χ1n) is 9.17. The maximum Gasteiger partial charge on any atom is 0.222 e. The molecule has 1 aliphatic carbocycles. The zero-order valence-electron chi connectivity index (χ0n) is 14.9. The number of carbonyl (C=O) groups is 1. The van der Waals surface area contributed by atoms with Gasteiger partial charge >= 0.3 is 0 Å². The summed E-state index contributed by atoms with van der Waals surface area (Å²) in [6.45, 7) is 0.549. The Hall–Kier alpha value is -2.14. The number of carbonyl (C=O) groups excluding carboxylic acids is 1. The van der Waals surface area contributed by atoms with Gasteiger partial charge in [0, 0.05) is 32.1 Å². The minimum Gasteiger partial charge on any atom is -0.388 e. The topological polar surface area (TPSA) is 69.2 Å². The smallest absolute Gasteiger partial charge is 0.222 e. The lowest BCUT2D eigenvalue weighted by molar-refractivity contribution is -0.130. The quantitative estimate of drug-likeness (QED) is 0.814. The van der Waals surface area contributed by atoms with E-state index in [0.29, 0.717) is 25.8 Å². The van der Waals surface area contributed by atoms with Gasteiger partial charge < -0.3 is 10.0 Å². The molecule has 0 unspecified atom stereocenters. The number of nitrogens with one attached hydrogen (secondary N) is 1. The molecule has 25 heavy (non-hydrogen) atoms. The fourth-order valence-electron chi connectivity index (χ4n) is 3.46. The molecule has 5 nitrogen and oxygen atoms in total. The van der Waals surface area contributed by atoms with Crippen molar-refractivity contribution in [3.8, 4) is 0 Å². The van der Waals surface area contributed by atoms with Gasteiger partial charge in [-0.25, -0.2) is 0 Å². The summed E-state index contributed by atoms with van der Waals surface area (Å²) in [6.07, 6.45) is 5.76. The number of aromatic nitrogens is 2. The lowest BCUT2D eigenvalue weighted by Gasteiger charge is -2.19. The Morgan fingerprint density at radius 3 is 2.84 bits per heavy atom. The summed E-state index contributed by atoms with van der Waals surface area (Å²) in [7, 11) is 1.81. The highest BCUT2D eigenvalue weighted by Gasteiger charge is 2.18. The molecule has 0 fully saturated rings. The van der Waals surface area contributed by atoms with Gasteiger partial charge in [-0.15, -0.1) is 0 Å². The van der Waals surface area contributed by atoms with E-state index in [1.54, 1.807) is 11.9 Å². The van der Waals surface area contributed by atoms with Crippen LogP contribution in [0.4, 0.5) is 0 Å². The molecule has 1 atom stereocenters. The van der Waals surface area contributed by atoms with Gasteiger partial charge in [-0.3, -0.25) is 9.89 Å². The third-order valence-electron chi connectivity index (χ3n) is 5.07. The van der Waals surface area contributed by atoms with Crippen molar-refractivity contribution in [3.63, 3.8) is 0 Å². The van der Waals surface area contributed by atoms with Crippen LogP contribution in [0.1, 0.15) is 54.3 Å². The van der Waals surface area contributed by atoms with E-state index in [1.165, 1.54) is 24.1 Å². The normalized spacial score (nSPS) is 14.8. The van der Waals surface area contributed by atoms with Crippen LogP contribution in [0.2, 0.25) is 0 Å². The number of rotatable bonds is 7. The first-order chi connectivity index (χ1) is 12.1. The van der Waals surface area contributed by atoms with Crippen molar-refractivity contribution < 1.29 is 9.90 Å². The molecule has 1 aliphatic rings. The fraction of sp³-hybridized carbons (Fsp3) is 0.500. The summed E-state index contributed by atoms with van der Waals surface area (Å²) in [5.41, 5.74) is 4.54. The maximum absolute atomic E-state index is 12.4. The van der Waals surface area contributed by atoms with E-state index in [2.05, 4.69) is 10.2 Å². The van der Waals surface area contributed by atoms with Crippen LogP contribution in [0, 0.1) is 0 Å². The molecule has 1 aromatic heterocycles. The van der Waals surface area contributed by atoms with Crippen LogP contribution in [0.5, 0.6) is 0 Å². The van der Waals surface area contributed by atoms with E-state index < -0.39 is 6.10 Å². The van der Waals surface area contributed by atoms with Crippen molar-refractivity contribution in [1.82, 2.24) is 15.1 Å². The van der Waals surface area contributed by atoms with E-state index in [0.717, 1.165) is 24.1 Å². The molecule has 2 N–H and O–H groups in total. The lowest BCUT2D eigenvalue weighted by atomic mass is 9.94. The Labute approximate surface area is 149 Å². The number of aliphatic hydroxyl groups is 1. The Morgan fingerprint density at radius 1 is 1.28 bits per heavy atom. The van der Waals surface area contributed by atoms with Crippen molar-refractivity contribution >= 4 is 5.91 Å². The summed E-state index contributed by atoms with van der Waals surface area (Å²) in [6, 6.07) is 9.58. The monoisotopic (exact) mass is 341 g/mol. The molecule has 1 heterocycles. The van der Waals surface area contributed by atoms with Gasteiger partial charge in [0.25, 0.3) is 0 Å². The number of hydrogen-bond donors (Lipinski definition) is 2. The Morgan fingerprint density at radius 2 is 2.04 bits per heavy atom. The molecule has 0 bridgehead atoms. The van der Waals surface area contributed by atoms with Crippen molar-refractivity contribution in [1.29, 1.82) is 0 Å². The van der Waals surface area contributed by atoms with Crippen LogP contribution in [-0.2, 0) is 24.1 Å². The van der Waals surface area contributed by atoms with E-state index in [9.17, 15) is 9.90 Å². The molecule has 5 heteroatoms. The Kier molecular flexibility index (Phi) is 5.87. The van der Waals surface area contributed by atoms with Crippen LogP contribution in [0.15, 0.2) is 30.3 Å². The van der Waals surface area contributed by atoms with Crippen molar-refractivity contribution in [2.24, 2.45) is 0 Å². The molecule has 3 rings (SSSR count). The molecule has 0 aliphatic heterocycles. The van der Waals surface area contributed by atoms with Gasteiger partial charge in [0.05, 0.1) is 11.8 Å². The molecular formula is C20H27N3O2. The number of aryl methyl sites for hydroxylation is 2. The average molecular weight is 341 g/mol. The minimum atomic E-state index is -0.533. The third-order valence-corrected chi connectivity index (χ3v) is 5.07. The molecule has 1 aromatic carbocycles. The Balaban J connectivity index is 1.46. The molecule has 0 spiro atoms. The van der Waals surface area contributed by atoms with Crippen molar-refractivity contribution in [3.05, 3.63) is 52.8 Å². The van der Waals surface area contributed by atoms with Gasteiger partial charge in [-0.2, -0.15) is 5.10 Å². The summed E-state index contributed by atoms with van der Waals surface area (Å²) in [4.78, 5) is 14.1. The van der Waals surface area contributed by atoms with E-state index in [-0.39, 0.29) is 5.91 Å². The number of H-pyrrole nitrogens is 1. The standard InChI is InChI=1S/C20H27N3O2/c1-23(14-13-19(24)15-7-3-2-4-8-15)20(25)12-11-18-16-9-5-6-10-17(16)21-22-18/h2-4,7-8,19,24H,5-6,9-14H2,1H3,(H,21,22)/t19-/m1/s1. The highest BCUT2D eigenvalue weighted by molar-refractivity contribution is 5.76.